The predicted molar refractivity (Wildman–Crippen MR) is 74.8 cm³/mol. The fraction of sp³-hybridized carbons (Fsp3) is 0.143. The van der Waals surface area contributed by atoms with Crippen LogP contribution in [0.15, 0.2) is 34.0 Å². The first kappa shape index (κ1) is 14.4. The summed E-state index contributed by atoms with van der Waals surface area (Å²) in [6, 6.07) is 4.29. The maximum absolute atomic E-state index is 11.8. The number of hydrogen-bond acceptors (Lipinski definition) is 6. The van der Waals surface area contributed by atoms with Gasteiger partial charge in [-0.3, -0.25) is 4.79 Å². The van der Waals surface area contributed by atoms with Gasteiger partial charge in [0.1, 0.15) is 5.76 Å². The maximum Gasteiger partial charge on any atom is 0.274 e. The number of carbonyl (C=O) groups excluding carboxylic acids is 1. The number of phenols is 2. The van der Waals surface area contributed by atoms with Crippen LogP contribution in [0, 0.1) is 6.92 Å². The van der Waals surface area contributed by atoms with Gasteiger partial charge in [-0.25, -0.2) is 5.43 Å². The van der Waals surface area contributed by atoms with Crippen molar-refractivity contribution in [1.29, 1.82) is 0 Å². The van der Waals surface area contributed by atoms with E-state index >= 15 is 0 Å². The number of phenolic OH excluding ortho intramolecular Hbond substituents is 2. The molecule has 0 spiro atoms. The molecule has 1 heterocycles. The van der Waals surface area contributed by atoms with Crippen LogP contribution in [0.4, 0.5) is 0 Å². The van der Waals surface area contributed by atoms with Crippen LogP contribution in [0.1, 0.15) is 21.7 Å². The van der Waals surface area contributed by atoms with E-state index < -0.39 is 5.91 Å². The van der Waals surface area contributed by atoms with Gasteiger partial charge < -0.3 is 19.4 Å². The van der Waals surface area contributed by atoms with E-state index in [1.165, 1.54) is 37.8 Å². The molecule has 0 atom stereocenters. The highest BCUT2D eigenvalue weighted by Crippen LogP contribution is 2.35. The summed E-state index contributed by atoms with van der Waals surface area (Å²) in [5.41, 5.74) is 3.17. The van der Waals surface area contributed by atoms with Gasteiger partial charge in [0, 0.05) is 5.56 Å². The van der Waals surface area contributed by atoms with Gasteiger partial charge in [0.15, 0.2) is 11.5 Å². The van der Waals surface area contributed by atoms with E-state index in [9.17, 15) is 15.0 Å². The van der Waals surface area contributed by atoms with Crippen LogP contribution >= 0.6 is 0 Å². The van der Waals surface area contributed by atoms with Crippen LogP contribution in [-0.4, -0.2) is 29.4 Å². The van der Waals surface area contributed by atoms with Gasteiger partial charge >= 0.3 is 0 Å². The Morgan fingerprint density at radius 1 is 1.43 bits per heavy atom. The number of ether oxygens (including phenoxy) is 1. The molecule has 7 nitrogen and oxygen atoms in total. The highest BCUT2D eigenvalue weighted by molar-refractivity contribution is 5.95. The summed E-state index contributed by atoms with van der Waals surface area (Å²) >= 11 is 0. The number of benzene rings is 1. The molecule has 0 unspecified atom stereocenters. The Kier molecular flexibility index (Phi) is 4.13. The standard InChI is InChI=1S/C14H14N2O5/c1-8-10(3-4-21-8)14(19)16-15-7-9-5-11(17)13(18)12(6-9)20-2/h3-7,17-18H,1-2H3,(H,16,19)/b15-7+. The minimum absolute atomic E-state index is 0.105. The first-order valence-corrected chi connectivity index (χ1v) is 6.00. The molecule has 0 fully saturated rings. The first-order chi connectivity index (χ1) is 10.0. The van der Waals surface area contributed by atoms with Crippen molar-refractivity contribution in [3.05, 3.63) is 41.3 Å². The predicted octanol–water partition coefficient (Wildman–Crippen LogP) is 1.77. The monoisotopic (exact) mass is 290 g/mol. The molecule has 2 aromatic rings. The van der Waals surface area contributed by atoms with Gasteiger partial charge in [0.25, 0.3) is 5.91 Å². The van der Waals surface area contributed by atoms with Crippen LogP contribution in [0.5, 0.6) is 17.2 Å². The molecule has 0 aliphatic heterocycles. The number of carbonyl (C=O) groups is 1. The SMILES string of the molecule is COc1cc(/C=N/NC(=O)c2ccoc2C)cc(O)c1O. The maximum atomic E-state index is 11.8. The average Bonchev–Trinajstić information content (AvgIpc) is 2.88. The van der Waals surface area contributed by atoms with Gasteiger partial charge in [-0.2, -0.15) is 5.10 Å². The van der Waals surface area contributed by atoms with E-state index in [1.54, 1.807) is 6.92 Å². The molecule has 2 rings (SSSR count). The molecular formula is C14H14N2O5. The minimum Gasteiger partial charge on any atom is -0.504 e. The average molecular weight is 290 g/mol. The number of amides is 1. The molecule has 0 bridgehead atoms. The molecule has 110 valence electrons. The molecule has 1 amide bonds. The number of furan rings is 1. The Balaban J connectivity index is 2.10. The molecule has 1 aromatic carbocycles. The molecule has 0 saturated carbocycles. The van der Waals surface area contributed by atoms with E-state index in [0.717, 1.165) is 0 Å². The summed E-state index contributed by atoms with van der Waals surface area (Å²) in [5.74, 6) is -0.506. The first-order valence-electron chi connectivity index (χ1n) is 6.00. The van der Waals surface area contributed by atoms with Gasteiger partial charge in [0.2, 0.25) is 5.75 Å². The second-order valence-corrected chi connectivity index (χ2v) is 4.18. The Morgan fingerprint density at radius 2 is 2.19 bits per heavy atom. The zero-order chi connectivity index (χ0) is 15.4. The van der Waals surface area contributed by atoms with Crippen molar-refractivity contribution in [3.8, 4) is 17.2 Å². The molecule has 3 N–H and O–H groups in total. The molecular weight excluding hydrogens is 276 g/mol. The fourth-order valence-corrected chi connectivity index (χ4v) is 1.69. The van der Waals surface area contributed by atoms with Crippen molar-refractivity contribution < 1.29 is 24.2 Å². The largest absolute Gasteiger partial charge is 0.504 e. The van der Waals surface area contributed by atoms with Crippen LogP contribution < -0.4 is 10.2 Å². The van der Waals surface area contributed by atoms with Crippen LogP contribution in [0.25, 0.3) is 0 Å². The van der Waals surface area contributed by atoms with E-state index in [0.29, 0.717) is 16.9 Å². The van der Waals surface area contributed by atoms with E-state index in [1.807, 2.05) is 0 Å². The number of methoxy groups -OCH3 is 1. The lowest BCUT2D eigenvalue weighted by molar-refractivity contribution is 0.0953. The summed E-state index contributed by atoms with van der Waals surface area (Å²) in [6.45, 7) is 1.67. The Labute approximate surface area is 120 Å². The number of nitrogens with one attached hydrogen (secondary N) is 1. The van der Waals surface area contributed by atoms with Crippen molar-refractivity contribution in [1.82, 2.24) is 5.43 Å². The number of hydrogen-bond donors (Lipinski definition) is 3. The third-order valence-electron chi connectivity index (χ3n) is 2.78. The van der Waals surface area contributed by atoms with Crippen molar-refractivity contribution in [3.63, 3.8) is 0 Å². The Bertz CT molecular complexity index is 691. The molecule has 21 heavy (non-hydrogen) atoms. The number of aromatic hydroxyl groups is 2. The van der Waals surface area contributed by atoms with Crippen molar-refractivity contribution >= 4 is 12.1 Å². The van der Waals surface area contributed by atoms with E-state index in [2.05, 4.69) is 10.5 Å². The molecule has 7 heteroatoms. The molecule has 1 aromatic heterocycles. The quantitative estimate of drug-likeness (QED) is 0.452. The van der Waals surface area contributed by atoms with Crippen LogP contribution in [-0.2, 0) is 0 Å². The summed E-state index contributed by atoms with van der Waals surface area (Å²) in [6.07, 6.45) is 2.73. The second kappa shape index (κ2) is 6.00. The van der Waals surface area contributed by atoms with Crippen LogP contribution in [0.3, 0.4) is 0 Å². The minimum atomic E-state index is -0.410. The third-order valence-corrected chi connectivity index (χ3v) is 2.78. The highest BCUT2D eigenvalue weighted by atomic mass is 16.5. The fourth-order valence-electron chi connectivity index (χ4n) is 1.69. The van der Waals surface area contributed by atoms with Crippen molar-refractivity contribution in [2.75, 3.05) is 7.11 Å². The smallest absolute Gasteiger partial charge is 0.274 e. The van der Waals surface area contributed by atoms with Gasteiger partial charge in [0.05, 0.1) is 25.2 Å². The summed E-state index contributed by atoms with van der Waals surface area (Å²) in [7, 11) is 1.36. The number of rotatable bonds is 4. The molecule has 0 aliphatic rings. The Morgan fingerprint density at radius 3 is 2.81 bits per heavy atom. The van der Waals surface area contributed by atoms with Gasteiger partial charge in [-0.1, -0.05) is 0 Å². The highest BCUT2D eigenvalue weighted by Gasteiger charge is 2.11. The summed E-state index contributed by atoms with van der Waals surface area (Å²) in [4.78, 5) is 11.8. The Hall–Kier alpha value is -2.96. The number of nitrogens with zero attached hydrogens (tertiary/aromatic N) is 1. The van der Waals surface area contributed by atoms with E-state index in [-0.39, 0.29) is 17.2 Å². The number of aryl methyl sites for hydroxylation is 1. The van der Waals surface area contributed by atoms with Crippen molar-refractivity contribution in [2.45, 2.75) is 6.92 Å². The summed E-state index contributed by atoms with van der Waals surface area (Å²) < 4.78 is 9.92. The van der Waals surface area contributed by atoms with E-state index in [4.69, 9.17) is 9.15 Å². The molecule has 0 saturated heterocycles. The van der Waals surface area contributed by atoms with Crippen molar-refractivity contribution in [2.24, 2.45) is 5.10 Å². The summed E-state index contributed by atoms with van der Waals surface area (Å²) in [5, 5.41) is 22.8. The lowest BCUT2D eigenvalue weighted by Gasteiger charge is -2.06. The van der Waals surface area contributed by atoms with Gasteiger partial charge in [-0.15, -0.1) is 0 Å². The normalized spacial score (nSPS) is 10.8. The second-order valence-electron chi connectivity index (χ2n) is 4.18. The van der Waals surface area contributed by atoms with Gasteiger partial charge in [-0.05, 0) is 25.1 Å². The number of hydrazone groups is 1. The third kappa shape index (κ3) is 3.14. The molecule has 0 aliphatic carbocycles. The lowest BCUT2D eigenvalue weighted by atomic mass is 10.2. The zero-order valence-corrected chi connectivity index (χ0v) is 11.5. The lowest BCUT2D eigenvalue weighted by Crippen LogP contribution is -2.17. The topological polar surface area (TPSA) is 104 Å². The zero-order valence-electron chi connectivity index (χ0n) is 11.5. The van der Waals surface area contributed by atoms with Crippen LogP contribution in [0.2, 0.25) is 0 Å². The molecule has 0 radical (unpaired) electrons.